The lowest BCUT2D eigenvalue weighted by Gasteiger charge is -2.30. The van der Waals surface area contributed by atoms with E-state index in [1.165, 1.54) is 0 Å². The number of hydrogen-bond donors (Lipinski definition) is 1. The lowest BCUT2D eigenvalue weighted by molar-refractivity contribution is 0.137. The van der Waals surface area contributed by atoms with Crippen molar-refractivity contribution in [3.05, 3.63) is 0 Å². The predicted molar refractivity (Wildman–Crippen MR) is 83.0 cm³/mol. The van der Waals surface area contributed by atoms with Crippen LogP contribution in [0, 0.1) is 0 Å². The first-order chi connectivity index (χ1) is 9.97. The molecule has 1 N–H and O–H groups in total. The van der Waals surface area contributed by atoms with Gasteiger partial charge in [-0.3, -0.25) is 4.90 Å². The van der Waals surface area contributed by atoms with Gasteiger partial charge in [0.25, 0.3) is 0 Å². The van der Waals surface area contributed by atoms with Gasteiger partial charge in [0, 0.05) is 25.7 Å². The minimum Gasteiger partial charge on any atom is -0.464 e. The summed E-state index contributed by atoms with van der Waals surface area (Å²) < 4.78 is 10.9. The quantitative estimate of drug-likeness (QED) is 0.745. The zero-order valence-corrected chi connectivity index (χ0v) is 13.9. The summed E-state index contributed by atoms with van der Waals surface area (Å²) in [6.07, 6.45) is 0. The van der Waals surface area contributed by atoms with Crippen LogP contribution in [-0.4, -0.2) is 58.7 Å². The van der Waals surface area contributed by atoms with E-state index in [1.54, 1.807) is 7.05 Å². The van der Waals surface area contributed by atoms with Gasteiger partial charge in [0.1, 0.15) is 6.61 Å². The Kier molecular flexibility index (Phi) is 7.14. The van der Waals surface area contributed by atoms with E-state index in [1.807, 2.05) is 6.92 Å². The molecular weight excluding hydrogens is 270 g/mol. The van der Waals surface area contributed by atoms with Crippen molar-refractivity contribution in [2.75, 3.05) is 32.1 Å². The van der Waals surface area contributed by atoms with Crippen molar-refractivity contribution in [3.63, 3.8) is 0 Å². The Labute approximate surface area is 127 Å². The standard InChI is InChI=1S/C14H27N5O2/c1-7-20-13-16-12(15-6)17-14(18-13)21-9-8-19(10(2)3)11(4)5/h10-11H,7-9H2,1-6H3,(H,15,16,17,18). The van der Waals surface area contributed by atoms with Gasteiger partial charge in [-0.2, -0.15) is 9.97 Å². The molecule has 120 valence electrons. The highest BCUT2D eigenvalue weighted by Gasteiger charge is 2.14. The van der Waals surface area contributed by atoms with Crippen molar-refractivity contribution >= 4 is 5.95 Å². The molecule has 0 fully saturated rings. The average molecular weight is 297 g/mol. The van der Waals surface area contributed by atoms with E-state index in [4.69, 9.17) is 9.47 Å². The van der Waals surface area contributed by atoms with Crippen LogP contribution in [-0.2, 0) is 0 Å². The summed E-state index contributed by atoms with van der Waals surface area (Å²) in [5.41, 5.74) is 0. The monoisotopic (exact) mass is 297 g/mol. The molecular formula is C14H27N5O2. The summed E-state index contributed by atoms with van der Waals surface area (Å²) in [6.45, 7) is 12.4. The first-order valence-electron chi connectivity index (χ1n) is 7.43. The van der Waals surface area contributed by atoms with Crippen LogP contribution < -0.4 is 14.8 Å². The van der Waals surface area contributed by atoms with Crippen molar-refractivity contribution in [1.82, 2.24) is 19.9 Å². The van der Waals surface area contributed by atoms with E-state index in [0.29, 0.717) is 31.2 Å². The number of anilines is 1. The molecule has 1 heterocycles. The summed E-state index contributed by atoms with van der Waals surface area (Å²) in [6, 6.07) is 1.50. The zero-order chi connectivity index (χ0) is 15.8. The molecule has 0 unspecified atom stereocenters. The third kappa shape index (κ3) is 5.71. The van der Waals surface area contributed by atoms with Gasteiger partial charge in [-0.1, -0.05) is 0 Å². The van der Waals surface area contributed by atoms with E-state index in [0.717, 1.165) is 6.54 Å². The Hall–Kier alpha value is -1.63. The molecule has 0 saturated heterocycles. The van der Waals surface area contributed by atoms with E-state index in [-0.39, 0.29) is 12.0 Å². The molecule has 0 spiro atoms. The Bertz CT molecular complexity index is 418. The van der Waals surface area contributed by atoms with E-state index in [2.05, 4.69) is 52.9 Å². The number of nitrogens with one attached hydrogen (secondary N) is 1. The molecule has 1 rings (SSSR count). The van der Waals surface area contributed by atoms with E-state index >= 15 is 0 Å². The van der Waals surface area contributed by atoms with Crippen LogP contribution in [0.15, 0.2) is 0 Å². The third-order valence-corrected chi connectivity index (χ3v) is 3.00. The molecule has 0 amide bonds. The lowest BCUT2D eigenvalue weighted by Crippen LogP contribution is -2.39. The number of aromatic nitrogens is 3. The largest absolute Gasteiger partial charge is 0.464 e. The van der Waals surface area contributed by atoms with Gasteiger partial charge in [-0.15, -0.1) is 4.98 Å². The normalized spacial score (nSPS) is 11.3. The molecule has 0 atom stereocenters. The summed E-state index contributed by atoms with van der Waals surface area (Å²) in [7, 11) is 1.74. The summed E-state index contributed by atoms with van der Waals surface area (Å²) >= 11 is 0. The molecule has 0 aliphatic carbocycles. The minimum atomic E-state index is 0.274. The molecule has 21 heavy (non-hydrogen) atoms. The van der Waals surface area contributed by atoms with Crippen LogP contribution >= 0.6 is 0 Å². The van der Waals surface area contributed by atoms with Crippen molar-refractivity contribution in [1.29, 1.82) is 0 Å². The molecule has 0 saturated carbocycles. The van der Waals surface area contributed by atoms with Gasteiger partial charge in [0.15, 0.2) is 0 Å². The van der Waals surface area contributed by atoms with Gasteiger partial charge in [0.05, 0.1) is 6.61 Å². The molecule has 0 aliphatic heterocycles. The van der Waals surface area contributed by atoms with Crippen LogP contribution in [0.5, 0.6) is 12.0 Å². The minimum absolute atomic E-state index is 0.274. The smallest absolute Gasteiger partial charge is 0.324 e. The highest BCUT2D eigenvalue weighted by atomic mass is 16.5. The molecule has 0 radical (unpaired) electrons. The van der Waals surface area contributed by atoms with Gasteiger partial charge < -0.3 is 14.8 Å². The number of nitrogens with zero attached hydrogens (tertiary/aromatic N) is 4. The SMILES string of the molecule is CCOc1nc(NC)nc(OCCN(C(C)C)C(C)C)n1. The van der Waals surface area contributed by atoms with E-state index in [9.17, 15) is 0 Å². The second-order valence-electron chi connectivity index (χ2n) is 5.18. The van der Waals surface area contributed by atoms with Crippen molar-refractivity contribution in [3.8, 4) is 12.0 Å². The summed E-state index contributed by atoms with van der Waals surface area (Å²) in [5, 5.41) is 2.87. The summed E-state index contributed by atoms with van der Waals surface area (Å²) in [4.78, 5) is 14.7. The molecule has 7 heteroatoms. The first kappa shape index (κ1) is 17.4. The summed E-state index contributed by atoms with van der Waals surface area (Å²) in [5.74, 6) is 0.438. The Morgan fingerprint density at radius 1 is 1.00 bits per heavy atom. The molecule has 1 aromatic heterocycles. The van der Waals surface area contributed by atoms with Gasteiger partial charge in [0.2, 0.25) is 5.95 Å². The van der Waals surface area contributed by atoms with Crippen molar-refractivity contribution < 1.29 is 9.47 Å². The fraction of sp³-hybridized carbons (Fsp3) is 0.786. The average Bonchev–Trinajstić information content (AvgIpc) is 2.42. The Morgan fingerprint density at radius 3 is 2.05 bits per heavy atom. The number of rotatable bonds is 9. The van der Waals surface area contributed by atoms with Crippen molar-refractivity contribution in [2.24, 2.45) is 0 Å². The first-order valence-corrected chi connectivity index (χ1v) is 7.43. The highest BCUT2D eigenvalue weighted by molar-refractivity contribution is 5.26. The highest BCUT2D eigenvalue weighted by Crippen LogP contribution is 2.13. The molecule has 7 nitrogen and oxygen atoms in total. The van der Waals surface area contributed by atoms with Crippen LogP contribution in [0.2, 0.25) is 0 Å². The fourth-order valence-corrected chi connectivity index (χ4v) is 2.06. The molecule has 0 aliphatic rings. The number of hydrogen-bond acceptors (Lipinski definition) is 7. The van der Waals surface area contributed by atoms with Gasteiger partial charge in [-0.25, -0.2) is 0 Å². The third-order valence-electron chi connectivity index (χ3n) is 3.00. The van der Waals surface area contributed by atoms with E-state index < -0.39 is 0 Å². The molecule has 0 bridgehead atoms. The Balaban J connectivity index is 2.63. The van der Waals surface area contributed by atoms with Crippen molar-refractivity contribution in [2.45, 2.75) is 46.7 Å². The molecule has 1 aromatic rings. The lowest BCUT2D eigenvalue weighted by atomic mass is 10.2. The Morgan fingerprint density at radius 2 is 1.57 bits per heavy atom. The predicted octanol–water partition coefficient (Wildman–Crippen LogP) is 1.81. The maximum atomic E-state index is 5.64. The topological polar surface area (TPSA) is 72.4 Å². The van der Waals surface area contributed by atoms with Crippen LogP contribution in [0.1, 0.15) is 34.6 Å². The maximum Gasteiger partial charge on any atom is 0.324 e. The van der Waals surface area contributed by atoms with Crippen LogP contribution in [0.3, 0.4) is 0 Å². The maximum absolute atomic E-state index is 5.64. The van der Waals surface area contributed by atoms with Gasteiger partial charge in [-0.05, 0) is 34.6 Å². The fourth-order valence-electron chi connectivity index (χ4n) is 2.06. The van der Waals surface area contributed by atoms with Crippen LogP contribution in [0.25, 0.3) is 0 Å². The number of ether oxygens (including phenoxy) is 2. The zero-order valence-electron chi connectivity index (χ0n) is 13.9. The van der Waals surface area contributed by atoms with Gasteiger partial charge >= 0.3 is 12.0 Å². The molecule has 0 aromatic carbocycles. The van der Waals surface area contributed by atoms with Crippen LogP contribution in [0.4, 0.5) is 5.95 Å². The second kappa shape index (κ2) is 8.61. The second-order valence-corrected chi connectivity index (χ2v) is 5.18.